The molecule has 1 atom stereocenters. The van der Waals surface area contributed by atoms with Gasteiger partial charge in [0.1, 0.15) is 5.75 Å². The van der Waals surface area contributed by atoms with E-state index < -0.39 is 6.04 Å². The summed E-state index contributed by atoms with van der Waals surface area (Å²) < 4.78 is 0. The average molecular weight is 206 g/mol. The fraction of sp³-hybridized carbons (Fsp3) is 0.273. The largest absolute Gasteiger partial charge is 0.508 e. The predicted molar refractivity (Wildman–Crippen MR) is 55.1 cm³/mol. The minimum atomic E-state index is -0.632. The van der Waals surface area contributed by atoms with E-state index in [0.29, 0.717) is 6.42 Å². The normalized spacial score (nSPS) is 11.8. The van der Waals surface area contributed by atoms with Crippen molar-refractivity contribution in [3.63, 3.8) is 0 Å². The molecule has 0 heterocycles. The molecule has 0 aliphatic heterocycles. The van der Waals surface area contributed by atoms with E-state index in [2.05, 4.69) is 5.32 Å². The summed E-state index contributed by atoms with van der Waals surface area (Å²) in [6, 6.07) is 5.82. The van der Waals surface area contributed by atoms with E-state index >= 15 is 0 Å². The molecule has 79 valence electrons. The van der Waals surface area contributed by atoms with Crippen LogP contribution >= 0.6 is 0 Å². The van der Waals surface area contributed by atoms with E-state index in [1.807, 2.05) is 0 Å². The summed E-state index contributed by atoms with van der Waals surface area (Å²) in [5, 5.41) is 11.5. The Hall–Kier alpha value is -1.84. The number of amides is 1. The van der Waals surface area contributed by atoms with E-state index in [0.717, 1.165) is 5.56 Å². The molecule has 4 heteroatoms. The zero-order valence-corrected chi connectivity index (χ0v) is 8.36. The van der Waals surface area contributed by atoms with Gasteiger partial charge >= 0.3 is 0 Å². The zero-order valence-electron chi connectivity index (χ0n) is 8.36. The molecule has 0 bridgehead atoms. The highest BCUT2D eigenvalue weighted by atomic mass is 16.3. The van der Waals surface area contributed by atoms with Crippen molar-refractivity contribution in [2.75, 3.05) is 0 Å². The molecule has 1 radical (unpaired) electrons. The number of hydrogen-bond acceptors (Lipinski definition) is 3. The minimum absolute atomic E-state index is 0.171. The van der Waals surface area contributed by atoms with Gasteiger partial charge in [0.15, 0.2) is 0 Å². The highest BCUT2D eigenvalue weighted by Crippen LogP contribution is 2.10. The van der Waals surface area contributed by atoms with Gasteiger partial charge in [0.25, 0.3) is 0 Å². The Morgan fingerprint density at radius 2 is 2.07 bits per heavy atom. The topological polar surface area (TPSA) is 66.4 Å². The van der Waals surface area contributed by atoms with Crippen LogP contribution in [0.5, 0.6) is 5.75 Å². The standard InChI is InChI=1S/C11H12NO3/c1-8(14)12-10(7-13)6-9-2-4-11(15)5-3-9/h2-5,10,15H,6H2,1H3,(H,12,14)/t10-/m1/s1. The molecule has 15 heavy (non-hydrogen) atoms. The van der Waals surface area contributed by atoms with E-state index in [9.17, 15) is 9.59 Å². The number of phenolic OH excluding ortho intramolecular Hbond substituents is 1. The lowest BCUT2D eigenvalue weighted by molar-refractivity contribution is -0.119. The van der Waals surface area contributed by atoms with Gasteiger partial charge in [-0.05, 0) is 17.7 Å². The first-order valence-corrected chi connectivity index (χ1v) is 4.54. The Morgan fingerprint density at radius 1 is 1.47 bits per heavy atom. The van der Waals surface area contributed by atoms with Crippen LogP contribution in [0.4, 0.5) is 0 Å². The van der Waals surface area contributed by atoms with Gasteiger partial charge in [0.2, 0.25) is 12.2 Å². The third-order valence-corrected chi connectivity index (χ3v) is 1.90. The molecule has 0 fully saturated rings. The summed E-state index contributed by atoms with van der Waals surface area (Å²) in [6.07, 6.45) is 2.13. The number of benzene rings is 1. The van der Waals surface area contributed by atoms with Crippen LogP contribution in [0.25, 0.3) is 0 Å². The van der Waals surface area contributed by atoms with Gasteiger partial charge in [-0.1, -0.05) is 12.1 Å². The average Bonchev–Trinajstić information content (AvgIpc) is 2.19. The first-order chi connectivity index (χ1) is 7.11. The second kappa shape index (κ2) is 5.14. The number of nitrogens with one attached hydrogen (secondary N) is 1. The van der Waals surface area contributed by atoms with E-state index in [1.54, 1.807) is 18.4 Å². The fourth-order valence-electron chi connectivity index (χ4n) is 1.24. The third-order valence-electron chi connectivity index (χ3n) is 1.90. The van der Waals surface area contributed by atoms with Crippen molar-refractivity contribution in [3.05, 3.63) is 29.8 Å². The highest BCUT2D eigenvalue weighted by molar-refractivity contribution is 5.77. The Kier molecular flexibility index (Phi) is 3.85. The van der Waals surface area contributed by atoms with E-state index in [1.165, 1.54) is 19.1 Å². The molecule has 0 saturated carbocycles. The van der Waals surface area contributed by atoms with Gasteiger partial charge in [0, 0.05) is 13.3 Å². The zero-order chi connectivity index (χ0) is 11.3. The maximum absolute atomic E-state index is 10.7. The number of hydrogen-bond donors (Lipinski definition) is 2. The van der Waals surface area contributed by atoms with Gasteiger partial charge in [-0.3, -0.25) is 9.59 Å². The maximum Gasteiger partial charge on any atom is 0.223 e. The molecule has 0 saturated heterocycles. The summed E-state index contributed by atoms with van der Waals surface area (Å²) in [4.78, 5) is 21.3. The molecular formula is C11H12NO3. The van der Waals surface area contributed by atoms with Crippen LogP contribution in [0.2, 0.25) is 0 Å². The van der Waals surface area contributed by atoms with Gasteiger partial charge in [-0.25, -0.2) is 0 Å². The number of carbonyl (C=O) groups excluding carboxylic acids is 2. The molecule has 1 rings (SSSR count). The SMILES string of the molecule is CC(=O)N[C@@H]([C]=O)Cc1ccc(O)cc1. The summed E-state index contributed by atoms with van der Waals surface area (Å²) in [5.41, 5.74) is 0.856. The Balaban J connectivity index is 2.62. The monoisotopic (exact) mass is 206 g/mol. The first-order valence-electron chi connectivity index (χ1n) is 4.54. The van der Waals surface area contributed by atoms with Crippen molar-refractivity contribution in [1.82, 2.24) is 5.32 Å². The summed E-state index contributed by atoms with van der Waals surface area (Å²) in [7, 11) is 0. The quantitative estimate of drug-likeness (QED) is 0.756. The predicted octanol–water partition coefficient (Wildman–Crippen LogP) is 0.549. The summed E-state index contributed by atoms with van der Waals surface area (Å²) in [6.45, 7) is 1.35. The van der Waals surface area contributed by atoms with Crippen LogP contribution in [-0.2, 0) is 16.0 Å². The first kappa shape index (κ1) is 11.2. The molecule has 0 aromatic heterocycles. The van der Waals surface area contributed by atoms with E-state index in [4.69, 9.17) is 5.11 Å². The molecular weight excluding hydrogens is 194 g/mol. The minimum Gasteiger partial charge on any atom is -0.508 e. The number of aromatic hydroxyl groups is 1. The van der Waals surface area contributed by atoms with Crippen molar-refractivity contribution < 1.29 is 14.7 Å². The fourth-order valence-corrected chi connectivity index (χ4v) is 1.24. The molecule has 4 nitrogen and oxygen atoms in total. The smallest absolute Gasteiger partial charge is 0.223 e. The molecule has 1 aromatic rings. The van der Waals surface area contributed by atoms with Gasteiger partial charge in [0.05, 0.1) is 6.04 Å². The molecule has 2 N–H and O–H groups in total. The highest BCUT2D eigenvalue weighted by Gasteiger charge is 2.10. The number of phenols is 1. The van der Waals surface area contributed by atoms with Crippen molar-refractivity contribution in [2.24, 2.45) is 0 Å². The Labute approximate surface area is 87.9 Å². The van der Waals surface area contributed by atoms with Crippen molar-refractivity contribution in [3.8, 4) is 5.75 Å². The lowest BCUT2D eigenvalue weighted by Gasteiger charge is -2.10. The second-order valence-electron chi connectivity index (χ2n) is 3.24. The third kappa shape index (κ3) is 3.81. The van der Waals surface area contributed by atoms with Crippen molar-refractivity contribution in [1.29, 1.82) is 0 Å². The van der Waals surface area contributed by atoms with Gasteiger partial charge in [-0.2, -0.15) is 0 Å². The summed E-state index contributed by atoms with van der Waals surface area (Å²) >= 11 is 0. The number of rotatable bonds is 4. The van der Waals surface area contributed by atoms with E-state index in [-0.39, 0.29) is 11.7 Å². The Bertz CT molecular complexity index is 345. The van der Waals surface area contributed by atoms with Crippen LogP contribution in [0.15, 0.2) is 24.3 Å². The molecule has 1 aromatic carbocycles. The van der Waals surface area contributed by atoms with Crippen LogP contribution in [-0.4, -0.2) is 23.3 Å². The molecule has 0 spiro atoms. The lowest BCUT2D eigenvalue weighted by Crippen LogP contribution is -2.35. The van der Waals surface area contributed by atoms with Crippen LogP contribution in [0, 0.1) is 0 Å². The Morgan fingerprint density at radius 3 is 2.53 bits per heavy atom. The number of carbonyl (C=O) groups is 1. The van der Waals surface area contributed by atoms with Crippen molar-refractivity contribution >= 4 is 12.2 Å². The van der Waals surface area contributed by atoms with Crippen LogP contribution in [0.1, 0.15) is 12.5 Å². The molecule has 0 aliphatic rings. The van der Waals surface area contributed by atoms with Gasteiger partial charge < -0.3 is 10.4 Å². The molecule has 0 aliphatic carbocycles. The molecule has 0 unspecified atom stereocenters. The lowest BCUT2D eigenvalue weighted by atomic mass is 10.1. The van der Waals surface area contributed by atoms with Crippen LogP contribution < -0.4 is 5.32 Å². The second-order valence-corrected chi connectivity index (χ2v) is 3.24. The summed E-state index contributed by atoms with van der Waals surface area (Å²) in [5.74, 6) is -0.0907. The van der Waals surface area contributed by atoms with Gasteiger partial charge in [-0.15, -0.1) is 0 Å². The molecule has 1 amide bonds. The van der Waals surface area contributed by atoms with Crippen LogP contribution in [0.3, 0.4) is 0 Å². The van der Waals surface area contributed by atoms with Crippen molar-refractivity contribution in [2.45, 2.75) is 19.4 Å². The maximum atomic E-state index is 10.7.